The molecule has 3 N–H and O–H groups in total. The van der Waals surface area contributed by atoms with Gasteiger partial charge in [-0.15, -0.1) is 0 Å². The van der Waals surface area contributed by atoms with Crippen LogP contribution in [0.15, 0.2) is 30.3 Å². The highest BCUT2D eigenvalue weighted by atomic mass is 16.2. The van der Waals surface area contributed by atoms with E-state index in [0.717, 1.165) is 38.3 Å². The van der Waals surface area contributed by atoms with E-state index in [9.17, 15) is 4.79 Å². The van der Waals surface area contributed by atoms with E-state index in [0.29, 0.717) is 5.92 Å². The predicted molar refractivity (Wildman–Crippen MR) is 109 cm³/mol. The number of carbonyl (C=O) groups excluding carboxylic acids is 1. The average Bonchev–Trinajstić information content (AvgIpc) is 2.63. The van der Waals surface area contributed by atoms with Gasteiger partial charge in [-0.25, -0.2) is 0 Å². The van der Waals surface area contributed by atoms with E-state index >= 15 is 0 Å². The lowest BCUT2D eigenvalue weighted by atomic mass is 9.90. The number of rotatable bonds is 10. The lowest BCUT2D eigenvalue weighted by Gasteiger charge is -2.32. The van der Waals surface area contributed by atoms with Crippen LogP contribution in [0.2, 0.25) is 0 Å². The number of hydrogen-bond acceptors (Lipinski definition) is 3. The highest BCUT2D eigenvalue weighted by molar-refractivity contribution is 5.81. The van der Waals surface area contributed by atoms with Gasteiger partial charge >= 0.3 is 0 Å². The lowest BCUT2D eigenvalue weighted by Crippen LogP contribution is -2.41. The third-order valence-electron chi connectivity index (χ3n) is 5.34. The molecule has 1 saturated heterocycles. The van der Waals surface area contributed by atoms with Crippen molar-refractivity contribution >= 4 is 5.91 Å². The Hall–Kier alpha value is -1.39. The van der Waals surface area contributed by atoms with Crippen molar-refractivity contribution in [2.45, 2.75) is 58.4 Å². The second-order valence-electron chi connectivity index (χ2n) is 8.21. The van der Waals surface area contributed by atoms with Crippen LogP contribution in [-0.4, -0.2) is 43.0 Å². The van der Waals surface area contributed by atoms with E-state index in [4.69, 9.17) is 5.73 Å². The maximum absolute atomic E-state index is 11.9. The molecule has 1 aliphatic heterocycles. The van der Waals surface area contributed by atoms with Crippen LogP contribution in [0.5, 0.6) is 0 Å². The number of unbranched alkanes of at least 4 members (excludes halogenated alkanes) is 1. The summed E-state index contributed by atoms with van der Waals surface area (Å²) in [6.45, 7) is 8.50. The summed E-state index contributed by atoms with van der Waals surface area (Å²) in [6.07, 6.45) is 6.75. The number of hydrogen-bond donors (Lipinski definition) is 2. The van der Waals surface area contributed by atoms with E-state index < -0.39 is 0 Å². The zero-order valence-electron chi connectivity index (χ0n) is 16.6. The number of piperidine rings is 1. The summed E-state index contributed by atoms with van der Waals surface area (Å²) in [7, 11) is 0. The normalized spacial score (nSPS) is 17.4. The van der Waals surface area contributed by atoms with Gasteiger partial charge in [0.05, 0.1) is 6.04 Å². The van der Waals surface area contributed by atoms with Gasteiger partial charge in [-0.1, -0.05) is 44.2 Å². The molecule has 0 aromatic heterocycles. The molecule has 0 radical (unpaired) electrons. The van der Waals surface area contributed by atoms with Crippen LogP contribution in [-0.2, 0) is 11.2 Å². The van der Waals surface area contributed by atoms with Crippen LogP contribution in [0.1, 0.15) is 51.5 Å². The van der Waals surface area contributed by atoms with Gasteiger partial charge < -0.3 is 16.0 Å². The molecule has 0 saturated carbocycles. The maximum Gasteiger partial charge on any atom is 0.236 e. The van der Waals surface area contributed by atoms with Gasteiger partial charge in [-0.05, 0) is 75.6 Å². The molecule has 0 bridgehead atoms. The summed E-state index contributed by atoms with van der Waals surface area (Å²) < 4.78 is 0. The second kappa shape index (κ2) is 11.3. The molecular weight excluding hydrogens is 322 g/mol. The molecule has 1 atom stereocenters. The Morgan fingerprint density at radius 2 is 1.88 bits per heavy atom. The van der Waals surface area contributed by atoms with E-state index in [1.807, 2.05) is 0 Å². The Labute approximate surface area is 159 Å². The Balaban J connectivity index is 1.52. The quantitative estimate of drug-likeness (QED) is 0.631. The molecule has 0 aliphatic carbocycles. The molecule has 1 aromatic rings. The SMILES string of the molecule is CC(C)C[C@H](N)C(=O)NCCCCN1CCC(Cc2ccccc2)CC1. The number of nitrogens with one attached hydrogen (secondary N) is 1. The minimum atomic E-state index is -0.362. The minimum absolute atomic E-state index is 0.000395. The predicted octanol–water partition coefficient (Wildman–Crippen LogP) is 3.21. The fourth-order valence-corrected chi connectivity index (χ4v) is 3.78. The highest BCUT2D eigenvalue weighted by Crippen LogP contribution is 2.21. The van der Waals surface area contributed by atoms with E-state index in [-0.39, 0.29) is 11.9 Å². The first kappa shape index (κ1) is 20.9. The van der Waals surface area contributed by atoms with Crippen molar-refractivity contribution in [2.75, 3.05) is 26.2 Å². The number of carbonyl (C=O) groups is 1. The Morgan fingerprint density at radius 1 is 1.19 bits per heavy atom. The van der Waals surface area contributed by atoms with Crippen LogP contribution in [0.4, 0.5) is 0 Å². The van der Waals surface area contributed by atoms with Crippen molar-refractivity contribution in [1.82, 2.24) is 10.2 Å². The minimum Gasteiger partial charge on any atom is -0.355 e. The first-order valence-electron chi connectivity index (χ1n) is 10.3. The molecule has 0 unspecified atom stereocenters. The van der Waals surface area contributed by atoms with Crippen LogP contribution < -0.4 is 11.1 Å². The zero-order valence-corrected chi connectivity index (χ0v) is 16.6. The lowest BCUT2D eigenvalue weighted by molar-refractivity contribution is -0.122. The summed E-state index contributed by atoms with van der Waals surface area (Å²) in [5.74, 6) is 1.29. The molecule has 146 valence electrons. The first-order chi connectivity index (χ1) is 12.5. The molecular formula is C22H37N3O. The van der Waals surface area contributed by atoms with Gasteiger partial charge in [0, 0.05) is 6.54 Å². The fraction of sp³-hybridized carbons (Fsp3) is 0.682. The number of nitrogens with zero attached hydrogens (tertiary/aromatic N) is 1. The number of benzene rings is 1. The Bertz CT molecular complexity index is 509. The molecule has 4 nitrogen and oxygen atoms in total. The van der Waals surface area contributed by atoms with Gasteiger partial charge in [0.2, 0.25) is 5.91 Å². The first-order valence-corrected chi connectivity index (χ1v) is 10.3. The Kier molecular flexibility index (Phi) is 9.13. The summed E-state index contributed by atoms with van der Waals surface area (Å²) in [5, 5.41) is 2.98. The molecule has 1 heterocycles. The summed E-state index contributed by atoms with van der Waals surface area (Å²) in [4.78, 5) is 14.5. The van der Waals surface area contributed by atoms with Gasteiger partial charge in [0.25, 0.3) is 0 Å². The van der Waals surface area contributed by atoms with Gasteiger partial charge in [-0.3, -0.25) is 4.79 Å². The Morgan fingerprint density at radius 3 is 2.54 bits per heavy atom. The standard InChI is InChI=1S/C22H37N3O/c1-18(2)16-21(23)22(26)24-12-6-7-13-25-14-10-20(11-15-25)17-19-8-4-3-5-9-19/h3-5,8-9,18,20-21H,6-7,10-17,23H2,1-2H3,(H,24,26)/t21-/m0/s1. The molecule has 1 amide bonds. The van der Waals surface area contributed by atoms with Gasteiger partial charge in [-0.2, -0.15) is 0 Å². The van der Waals surface area contributed by atoms with E-state index in [1.54, 1.807) is 0 Å². The van der Waals surface area contributed by atoms with Crippen molar-refractivity contribution in [2.24, 2.45) is 17.6 Å². The molecule has 1 aliphatic rings. The molecule has 4 heteroatoms. The summed E-state index contributed by atoms with van der Waals surface area (Å²) in [5.41, 5.74) is 7.37. The topological polar surface area (TPSA) is 58.4 Å². The molecule has 1 fully saturated rings. The monoisotopic (exact) mass is 359 g/mol. The van der Waals surface area contributed by atoms with E-state index in [1.165, 1.54) is 37.9 Å². The third-order valence-corrected chi connectivity index (χ3v) is 5.34. The molecule has 2 rings (SSSR count). The summed E-state index contributed by atoms with van der Waals surface area (Å²) in [6, 6.07) is 10.5. The number of amides is 1. The average molecular weight is 360 g/mol. The van der Waals surface area contributed by atoms with Gasteiger partial charge in [0.1, 0.15) is 0 Å². The van der Waals surface area contributed by atoms with Crippen molar-refractivity contribution < 1.29 is 4.79 Å². The van der Waals surface area contributed by atoms with Crippen molar-refractivity contribution in [3.8, 4) is 0 Å². The largest absolute Gasteiger partial charge is 0.355 e. The molecule has 0 spiro atoms. The number of nitrogens with two attached hydrogens (primary N) is 1. The second-order valence-corrected chi connectivity index (χ2v) is 8.21. The maximum atomic E-state index is 11.9. The fourth-order valence-electron chi connectivity index (χ4n) is 3.78. The van der Waals surface area contributed by atoms with Crippen molar-refractivity contribution in [1.29, 1.82) is 0 Å². The zero-order chi connectivity index (χ0) is 18.8. The highest BCUT2D eigenvalue weighted by Gasteiger charge is 2.19. The van der Waals surface area contributed by atoms with Crippen LogP contribution in [0.25, 0.3) is 0 Å². The van der Waals surface area contributed by atoms with Crippen molar-refractivity contribution in [3.63, 3.8) is 0 Å². The summed E-state index contributed by atoms with van der Waals surface area (Å²) >= 11 is 0. The third kappa shape index (κ3) is 7.88. The van der Waals surface area contributed by atoms with Crippen LogP contribution >= 0.6 is 0 Å². The van der Waals surface area contributed by atoms with Crippen LogP contribution in [0.3, 0.4) is 0 Å². The number of likely N-dealkylation sites (tertiary alicyclic amines) is 1. The molecule has 1 aromatic carbocycles. The van der Waals surface area contributed by atoms with E-state index in [2.05, 4.69) is 54.4 Å². The smallest absolute Gasteiger partial charge is 0.236 e. The van der Waals surface area contributed by atoms with Gasteiger partial charge in [0.15, 0.2) is 0 Å². The molecule has 26 heavy (non-hydrogen) atoms. The van der Waals surface area contributed by atoms with Crippen molar-refractivity contribution in [3.05, 3.63) is 35.9 Å². The van der Waals surface area contributed by atoms with Crippen LogP contribution in [0, 0.1) is 11.8 Å².